The van der Waals surface area contributed by atoms with Gasteiger partial charge in [-0.05, 0) is 24.6 Å². The van der Waals surface area contributed by atoms with Gasteiger partial charge in [0.05, 0.1) is 17.7 Å². The minimum Gasteiger partial charge on any atom is -0.398 e. The molecule has 0 aromatic heterocycles. The highest BCUT2D eigenvalue weighted by Crippen LogP contribution is 2.19. The van der Waals surface area contributed by atoms with Crippen molar-refractivity contribution in [2.75, 3.05) is 5.73 Å². The summed E-state index contributed by atoms with van der Waals surface area (Å²) in [6.45, 7) is 1.61. The van der Waals surface area contributed by atoms with E-state index in [4.69, 9.17) is 16.7 Å². The molecule has 0 amide bonds. The Kier molecular flexibility index (Phi) is 3.07. The summed E-state index contributed by atoms with van der Waals surface area (Å²) in [7, 11) is 0. The third kappa shape index (κ3) is 2.02. The second-order valence-corrected chi connectivity index (χ2v) is 3.22. The second kappa shape index (κ2) is 4.09. The molecule has 4 nitrogen and oxygen atoms in total. The van der Waals surface area contributed by atoms with Crippen molar-refractivity contribution in [1.82, 2.24) is 0 Å². The Bertz CT molecular complexity index is 368. The van der Waals surface area contributed by atoms with Crippen LogP contribution in [0.3, 0.4) is 0 Å². The van der Waals surface area contributed by atoms with Crippen LogP contribution in [0.25, 0.3) is 0 Å². The van der Waals surface area contributed by atoms with E-state index in [1.807, 2.05) is 6.07 Å². The zero-order chi connectivity index (χ0) is 10.7. The Morgan fingerprint density at radius 3 is 2.57 bits per heavy atom. The van der Waals surface area contributed by atoms with E-state index in [1.54, 1.807) is 25.1 Å². The van der Waals surface area contributed by atoms with Crippen LogP contribution in [0.1, 0.15) is 24.1 Å². The lowest BCUT2D eigenvalue weighted by atomic mass is 10.0. The van der Waals surface area contributed by atoms with Gasteiger partial charge in [0.2, 0.25) is 0 Å². The molecule has 0 radical (unpaired) electrons. The van der Waals surface area contributed by atoms with Gasteiger partial charge in [-0.15, -0.1) is 0 Å². The standard InChI is InChI=1S/C10H13N3O/c1-6(14)10(13)7-2-3-8(5-11)9(12)4-7/h2-4,6,10,14H,12-13H2,1H3. The molecule has 0 heterocycles. The van der Waals surface area contributed by atoms with Crippen molar-refractivity contribution in [2.24, 2.45) is 5.73 Å². The van der Waals surface area contributed by atoms with Gasteiger partial charge in [-0.2, -0.15) is 5.26 Å². The monoisotopic (exact) mass is 191 g/mol. The Morgan fingerprint density at radius 2 is 2.14 bits per heavy atom. The molecule has 0 aliphatic heterocycles. The first-order chi connectivity index (χ1) is 6.56. The Morgan fingerprint density at radius 1 is 1.50 bits per heavy atom. The molecule has 0 saturated carbocycles. The van der Waals surface area contributed by atoms with E-state index in [-0.39, 0.29) is 0 Å². The zero-order valence-electron chi connectivity index (χ0n) is 7.94. The molecule has 2 unspecified atom stereocenters. The summed E-state index contributed by atoms with van der Waals surface area (Å²) < 4.78 is 0. The molecule has 0 spiro atoms. The van der Waals surface area contributed by atoms with Crippen LogP contribution in [0.2, 0.25) is 0 Å². The van der Waals surface area contributed by atoms with E-state index in [1.165, 1.54) is 0 Å². The summed E-state index contributed by atoms with van der Waals surface area (Å²) in [6.07, 6.45) is -0.637. The molecule has 2 atom stereocenters. The summed E-state index contributed by atoms with van der Waals surface area (Å²) >= 11 is 0. The van der Waals surface area contributed by atoms with Crippen molar-refractivity contribution in [3.8, 4) is 6.07 Å². The SMILES string of the molecule is CC(O)C(N)c1ccc(C#N)c(N)c1. The van der Waals surface area contributed by atoms with Gasteiger partial charge in [-0.3, -0.25) is 0 Å². The highest BCUT2D eigenvalue weighted by atomic mass is 16.3. The summed E-state index contributed by atoms with van der Waals surface area (Å²) in [4.78, 5) is 0. The van der Waals surface area contributed by atoms with E-state index in [0.717, 1.165) is 5.56 Å². The number of hydrogen-bond acceptors (Lipinski definition) is 4. The van der Waals surface area contributed by atoms with Crippen molar-refractivity contribution in [3.05, 3.63) is 29.3 Å². The number of benzene rings is 1. The number of hydrogen-bond donors (Lipinski definition) is 3. The lowest BCUT2D eigenvalue weighted by Gasteiger charge is -2.15. The van der Waals surface area contributed by atoms with Crippen LogP contribution in [-0.4, -0.2) is 11.2 Å². The molecular formula is C10H13N3O. The molecule has 0 fully saturated rings. The smallest absolute Gasteiger partial charge is 0.101 e. The molecule has 0 aliphatic carbocycles. The van der Waals surface area contributed by atoms with Crippen LogP contribution in [0.5, 0.6) is 0 Å². The number of nitriles is 1. The molecular weight excluding hydrogens is 178 g/mol. The summed E-state index contributed by atoms with van der Waals surface area (Å²) in [5.41, 5.74) is 12.9. The van der Waals surface area contributed by atoms with Crippen LogP contribution >= 0.6 is 0 Å². The molecule has 0 bridgehead atoms. The maximum atomic E-state index is 9.26. The minimum absolute atomic E-state index is 0.390. The van der Waals surface area contributed by atoms with E-state index in [9.17, 15) is 5.11 Å². The van der Waals surface area contributed by atoms with Gasteiger partial charge >= 0.3 is 0 Å². The van der Waals surface area contributed by atoms with Crippen molar-refractivity contribution >= 4 is 5.69 Å². The van der Waals surface area contributed by atoms with Gasteiger partial charge in [-0.1, -0.05) is 6.07 Å². The molecule has 14 heavy (non-hydrogen) atoms. The van der Waals surface area contributed by atoms with E-state index >= 15 is 0 Å². The normalized spacial score (nSPS) is 14.4. The van der Waals surface area contributed by atoms with Crippen LogP contribution in [-0.2, 0) is 0 Å². The first-order valence-electron chi connectivity index (χ1n) is 4.29. The molecule has 4 heteroatoms. The molecule has 1 aromatic rings. The minimum atomic E-state index is -0.637. The maximum Gasteiger partial charge on any atom is 0.101 e. The largest absolute Gasteiger partial charge is 0.398 e. The van der Waals surface area contributed by atoms with E-state index < -0.39 is 12.1 Å². The maximum absolute atomic E-state index is 9.26. The third-order valence-corrected chi connectivity index (χ3v) is 2.10. The summed E-state index contributed by atoms with van der Waals surface area (Å²) in [5, 5.41) is 17.9. The zero-order valence-corrected chi connectivity index (χ0v) is 7.94. The summed E-state index contributed by atoms with van der Waals surface area (Å²) in [6, 6.07) is 6.42. The Hall–Kier alpha value is -1.57. The van der Waals surface area contributed by atoms with Gasteiger partial charge in [-0.25, -0.2) is 0 Å². The number of nitrogens with two attached hydrogens (primary N) is 2. The van der Waals surface area contributed by atoms with Gasteiger partial charge < -0.3 is 16.6 Å². The van der Waals surface area contributed by atoms with Crippen molar-refractivity contribution in [3.63, 3.8) is 0 Å². The van der Waals surface area contributed by atoms with Crippen LogP contribution in [0, 0.1) is 11.3 Å². The molecule has 74 valence electrons. The predicted octanol–water partition coefficient (Wildman–Crippen LogP) is 0.521. The second-order valence-electron chi connectivity index (χ2n) is 3.22. The van der Waals surface area contributed by atoms with E-state index in [2.05, 4.69) is 0 Å². The van der Waals surface area contributed by atoms with Crippen molar-refractivity contribution in [1.29, 1.82) is 5.26 Å². The van der Waals surface area contributed by atoms with Crippen LogP contribution in [0.4, 0.5) is 5.69 Å². The lowest BCUT2D eigenvalue weighted by Crippen LogP contribution is -2.23. The Balaban J connectivity index is 3.04. The van der Waals surface area contributed by atoms with Gasteiger partial charge in [0.15, 0.2) is 0 Å². The lowest BCUT2D eigenvalue weighted by molar-refractivity contribution is 0.164. The first kappa shape index (κ1) is 10.5. The summed E-state index contributed by atoms with van der Waals surface area (Å²) in [5.74, 6) is 0. The van der Waals surface area contributed by atoms with E-state index in [0.29, 0.717) is 11.3 Å². The average molecular weight is 191 g/mol. The fraction of sp³-hybridized carbons (Fsp3) is 0.300. The first-order valence-corrected chi connectivity index (χ1v) is 4.29. The third-order valence-electron chi connectivity index (χ3n) is 2.10. The number of nitrogen functional groups attached to an aromatic ring is 1. The van der Waals surface area contributed by atoms with Crippen LogP contribution < -0.4 is 11.5 Å². The topological polar surface area (TPSA) is 96.1 Å². The number of rotatable bonds is 2. The van der Waals surface area contributed by atoms with Crippen molar-refractivity contribution in [2.45, 2.75) is 19.1 Å². The predicted molar refractivity (Wildman–Crippen MR) is 54.2 cm³/mol. The average Bonchev–Trinajstić information content (AvgIpc) is 2.16. The molecule has 1 aromatic carbocycles. The number of anilines is 1. The number of aliphatic hydroxyl groups excluding tert-OH is 1. The number of nitrogens with zero attached hydrogens (tertiary/aromatic N) is 1. The fourth-order valence-corrected chi connectivity index (χ4v) is 1.17. The highest BCUT2D eigenvalue weighted by Gasteiger charge is 2.12. The highest BCUT2D eigenvalue weighted by molar-refractivity contribution is 5.55. The Labute approximate surface area is 82.8 Å². The number of aliphatic hydroxyl groups is 1. The van der Waals surface area contributed by atoms with Crippen LogP contribution in [0.15, 0.2) is 18.2 Å². The van der Waals surface area contributed by atoms with Gasteiger partial charge in [0, 0.05) is 5.69 Å². The molecule has 0 saturated heterocycles. The quantitative estimate of drug-likeness (QED) is 0.594. The fourth-order valence-electron chi connectivity index (χ4n) is 1.17. The van der Waals surface area contributed by atoms with Crippen molar-refractivity contribution < 1.29 is 5.11 Å². The van der Waals surface area contributed by atoms with Gasteiger partial charge in [0.1, 0.15) is 6.07 Å². The molecule has 5 N–H and O–H groups in total. The molecule has 0 aliphatic rings. The van der Waals surface area contributed by atoms with Gasteiger partial charge in [0.25, 0.3) is 0 Å². The molecule has 1 rings (SSSR count).